The van der Waals surface area contributed by atoms with Crippen LogP contribution in [0.2, 0.25) is 0 Å². The summed E-state index contributed by atoms with van der Waals surface area (Å²) in [5.74, 6) is 5.74. The molecule has 10 heteroatoms. The molecule has 224 valence electrons. The van der Waals surface area contributed by atoms with Gasteiger partial charge in [-0.25, -0.2) is 0 Å². The number of rotatable bonds is 10. The normalized spacial score (nSPS) is 12.2. The van der Waals surface area contributed by atoms with Crippen LogP contribution in [0.1, 0.15) is 48.4 Å². The van der Waals surface area contributed by atoms with Gasteiger partial charge in [0, 0.05) is 18.5 Å². The van der Waals surface area contributed by atoms with Gasteiger partial charge in [0.05, 0.1) is 17.7 Å². The third-order valence-corrected chi connectivity index (χ3v) is 6.19. The predicted molar refractivity (Wildman–Crippen MR) is 154 cm³/mol. The van der Waals surface area contributed by atoms with Gasteiger partial charge in [-0.2, -0.15) is 26.3 Å². The Morgan fingerprint density at radius 1 is 0.738 bits per heavy atom. The molecule has 0 aliphatic rings. The van der Waals surface area contributed by atoms with Crippen LogP contribution in [0.5, 0.6) is 5.75 Å². The van der Waals surface area contributed by atoms with E-state index >= 15 is 0 Å². The van der Waals surface area contributed by atoms with Crippen LogP contribution in [-0.2, 0) is 12.4 Å². The highest BCUT2D eigenvalue weighted by molar-refractivity contribution is 5.78. The quantitative estimate of drug-likeness (QED) is 0.132. The van der Waals surface area contributed by atoms with Gasteiger partial charge in [-0.3, -0.25) is 0 Å². The summed E-state index contributed by atoms with van der Waals surface area (Å²) in [6, 6.07) is 11.7. The average Bonchev–Trinajstić information content (AvgIpc) is 2.92. The van der Waals surface area contributed by atoms with Crippen molar-refractivity contribution in [3.8, 4) is 39.8 Å². The maximum Gasteiger partial charge on any atom is 0.416 e. The fourth-order valence-corrected chi connectivity index (χ4v) is 4.21. The Kier molecular flexibility index (Phi) is 11.2. The minimum absolute atomic E-state index is 0.131. The number of alkyl halides is 6. The van der Waals surface area contributed by atoms with Crippen LogP contribution in [0.25, 0.3) is 28.3 Å². The maximum absolute atomic E-state index is 13.9. The topological polar surface area (TPSA) is 87.3 Å². The van der Waals surface area contributed by atoms with Crippen molar-refractivity contribution in [1.82, 2.24) is 0 Å². The van der Waals surface area contributed by atoms with Gasteiger partial charge in [-0.15, -0.1) is 0 Å². The molecule has 0 aromatic heterocycles. The molecule has 0 bridgehead atoms. The molecule has 0 amide bonds. The summed E-state index contributed by atoms with van der Waals surface area (Å²) in [6.07, 6.45) is -6.34. The van der Waals surface area contributed by atoms with Crippen LogP contribution in [0, 0.1) is 11.8 Å². The number of hydrogen-bond acceptors (Lipinski definition) is 4. The third kappa shape index (κ3) is 9.38. The van der Waals surface area contributed by atoms with Crippen molar-refractivity contribution in [3.63, 3.8) is 0 Å². The summed E-state index contributed by atoms with van der Waals surface area (Å²) in [5, 5.41) is 0. The van der Waals surface area contributed by atoms with E-state index < -0.39 is 23.5 Å². The Balaban J connectivity index is 2.27. The first-order chi connectivity index (χ1) is 19.8. The van der Waals surface area contributed by atoms with E-state index in [2.05, 4.69) is 11.8 Å². The lowest BCUT2D eigenvalue weighted by Crippen LogP contribution is -2.07. The van der Waals surface area contributed by atoms with Gasteiger partial charge in [-0.05, 0) is 115 Å². The zero-order valence-electron chi connectivity index (χ0n) is 23.1. The number of hydrogen-bond donors (Lipinski definition) is 3. The molecule has 0 atom stereocenters. The van der Waals surface area contributed by atoms with Gasteiger partial charge in [0.1, 0.15) is 5.75 Å². The molecule has 0 radical (unpaired) electrons. The minimum atomic E-state index is -4.65. The van der Waals surface area contributed by atoms with Crippen molar-refractivity contribution in [3.05, 3.63) is 82.4 Å². The molecule has 0 fully saturated rings. The number of ether oxygens (including phenoxy) is 1. The molecule has 0 unspecified atom stereocenters. The fraction of sp³-hybridized carbons (Fsp3) is 0.312. The average molecular weight is 590 g/mol. The van der Waals surface area contributed by atoms with Crippen molar-refractivity contribution < 1.29 is 31.1 Å². The van der Waals surface area contributed by atoms with Gasteiger partial charge in [0.15, 0.2) is 0 Å². The second-order valence-corrected chi connectivity index (χ2v) is 9.74. The smallest absolute Gasteiger partial charge is 0.416 e. The second kappa shape index (κ2) is 14.4. The molecule has 3 aromatic carbocycles. The molecular weight excluding hydrogens is 556 g/mol. The molecule has 0 spiro atoms. The lowest BCUT2D eigenvalue weighted by molar-refractivity contribution is -0.138. The summed E-state index contributed by atoms with van der Waals surface area (Å²) >= 11 is 0. The van der Waals surface area contributed by atoms with E-state index in [4.69, 9.17) is 21.9 Å². The zero-order valence-corrected chi connectivity index (χ0v) is 23.1. The van der Waals surface area contributed by atoms with E-state index in [9.17, 15) is 26.3 Å². The Morgan fingerprint density at radius 3 is 1.90 bits per heavy atom. The van der Waals surface area contributed by atoms with Crippen molar-refractivity contribution in [2.75, 3.05) is 26.2 Å². The highest BCUT2D eigenvalue weighted by Crippen LogP contribution is 2.39. The minimum Gasteiger partial charge on any atom is -0.494 e. The van der Waals surface area contributed by atoms with Crippen LogP contribution in [0.15, 0.2) is 60.2 Å². The van der Waals surface area contributed by atoms with E-state index in [1.165, 1.54) is 12.1 Å². The fourth-order valence-electron chi connectivity index (χ4n) is 4.21. The van der Waals surface area contributed by atoms with E-state index in [0.717, 1.165) is 29.8 Å². The molecule has 0 saturated heterocycles. The summed E-state index contributed by atoms with van der Waals surface area (Å²) in [6.45, 7) is 2.93. The molecule has 0 aliphatic carbocycles. The molecule has 0 aliphatic heterocycles. The lowest BCUT2D eigenvalue weighted by Gasteiger charge is -2.16. The summed E-state index contributed by atoms with van der Waals surface area (Å²) in [4.78, 5) is 0. The first kappa shape index (κ1) is 32.7. The molecule has 3 rings (SSSR count). The number of benzene rings is 3. The zero-order chi connectivity index (χ0) is 30.9. The summed E-state index contributed by atoms with van der Waals surface area (Å²) in [7, 11) is 0. The largest absolute Gasteiger partial charge is 0.494 e. The molecule has 6 N–H and O–H groups in total. The SMILES string of the molecule is C/C(=C\c1cc(-c2cc(OCCCN)cc(-c3cc(C#CCCN)cc(C(F)(F)F)c3)c2)cc(C(F)(F)F)c1)CCN. The first-order valence-corrected chi connectivity index (χ1v) is 13.3. The number of nitrogens with two attached hydrogens (primary N) is 3. The maximum atomic E-state index is 13.9. The molecule has 4 nitrogen and oxygen atoms in total. The Bertz CT molecular complexity index is 1470. The highest BCUT2D eigenvalue weighted by Gasteiger charge is 2.32. The van der Waals surface area contributed by atoms with Crippen LogP contribution < -0.4 is 21.9 Å². The van der Waals surface area contributed by atoms with E-state index in [-0.39, 0.29) is 35.6 Å². The van der Waals surface area contributed by atoms with Gasteiger partial charge >= 0.3 is 12.4 Å². The van der Waals surface area contributed by atoms with Gasteiger partial charge in [0.25, 0.3) is 0 Å². The first-order valence-electron chi connectivity index (χ1n) is 13.3. The number of halogens is 6. The second-order valence-electron chi connectivity index (χ2n) is 9.74. The predicted octanol–water partition coefficient (Wildman–Crippen LogP) is 7.24. The van der Waals surface area contributed by atoms with E-state index in [0.29, 0.717) is 49.0 Å². The summed E-state index contributed by atoms with van der Waals surface area (Å²) in [5.41, 5.74) is 17.1. The lowest BCUT2D eigenvalue weighted by atomic mass is 9.93. The summed E-state index contributed by atoms with van der Waals surface area (Å²) < 4.78 is 89.0. The molecule has 0 saturated carbocycles. The van der Waals surface area contributed by atoms with Crippen molar-refractivity contribution >= 4 is 6.08 Å². The Morgan fingerprint density at radius 2 is 1.33 bits per heavy atom. The van der Waals surface area contributed by atoms with Crippen LogP contribution in [0.4, 0.5) is 26.3 Å². The van der Waals surface area contributed by atoms with Crippen LogP contribution in [0.3, 0.4) is 0 Å². The highest BCUT2D eigenvalue weighted by atomic mass is 19.4. The standard InChI is InChI=1S/C32H33F6N3O/c1-21(6-9-41)11-23-13-25(18-29(15-23)32(36,37)38)27-16-26(19-30(20-27)42-10-4-8-40)24-12-22(5-2-3-7-39)14-28(17-24)31(33,34)35/h11-20H,3-4,6-10,39-41H2,1H3/b21-11+. The van der Waals surface area contributed by atoms with E-state index in [1.807, 2.05) is 0 Å². The van der Waals surface area contributed by atoms with Gasteiger partial charge in [0.2, 0.25) is 0 Å². The van der Waals surface area contributed by atoms with Crippen molar-refractivity contribution in [2.24, 2.45) is 17.2 Å². The van der Waals surface area contributed by atoms with Crippen molar-refractivity contribution in [1.29, 1.82) is 0 Å². The molecular formula is C32H33F6N3O. The van der Waals surface area contributed by atoms with Gasteiger partial charge < -0.3 is 21.9 Å². The van der Waals surface area contributed by atoms with Crippen LogP contribution in [-0.4, -0.2) is 26.2 Å². The van der Waals surface area contributed by atoms with E-state index in [1.54, 1.807) is 31.2 Å². The Hall–Kier alpha value is -3.78. The Labute approximate surface area is 241 Å². The molecule has 0 heterocycles. The van der Waals surface area contributed by atoms with Crippen LogP contribution >= 0.6 is 0 Å². The molecule has 3 aromatic rings. The van der Waals surface area contributed by atoms with Crippen molar-refractivity contribution in [2.45, 2.75) is 38.5 Å². The monoisotopic (exact) mass is 589 g/mol. The third-order valence-electron chi connectivity index (χ3n) is 6.19. The molecule has 42 heavy (non-hydrogen) atoms. The van der Waals surface area contributed by atoms with Gasteiger partial charge in [-0.1, -0.05) is 23.5 Å².